The van der Waals surface area contributed by atoms with E-state index in [2.05, 4.69) is 41.6 Å². The molecule has 3 rings (SSSR count). The Labute approximate surface area is 146 Å². The molecule has 0 unspecified atom stereocenters. The second-order valence-electron chi connectivity index (χ2n) is 8.09. The molecule has 1 fully saturated rings. The second-order valence-corrected chi connectivity index (χ2v) is 13.7. The number of nitrogens with zero attached hydrogens (tertiary/aromatic N) is 2. The number of hydrogen-bond donors (Lipinski definition) is 1. The van der Waals surface area contributed by atoms with Gasteiger partial charge in [0.1, 0.15) is 6.73 Å². The number of hydrogen-bond acceptors (Lipinski definition) is 5. The number of anilines is 3. The molecule has 2 aliphatic rings. The average molecular weight is 350 g/mol. The molecule has 0 radical (unpaired) electrons. The molecule has 1 saturated heterocycles. The minimum atomic E-state index is -1.04. The van der Waals surface area contributed by atoms with Crippen LogP contribution in [0.15, 0.2) is 18.2 Å². The smallest absolute Gasteiger partial charge is 0.120 e. The van der Waals surface area contributed by atoms with Gasteiger partial charge >= 0.3 is 0 Å². The maximum atomic E-state index is 6.03. The van der Waals surface area contributed by atoms with Crippen LogP contribution in [0.25, 0.3) is 0 Å². The van der Waals surface area contributed by atoms with Gasteiger partial charge in [-0.2, -0.15) is 0 Å². The molecule has 1 aromatic carbocycles. The number of benzene rings is 1. The van der Waals surface area contributed by atoms with E-state index in [9.17, 15) is 0 Å². The molecule has 0 amide bonds. The molecule has 2 N–H and O–H groups in total. The van der Waals surface area contributed by atoms with E-state index in [-0.39, 0.29) is 0 Å². The summed E-state index contributed by atoms with van der Waals surface area (Å²) in [5, 5.41) is 0. The van der Waals surface area contributed by atoms with Crippen molar-refractivity contribution in [3.05, 3.63) is 18.2 Å². The largest absolute Gasteiger partial charge is 0.399 e. The predicted octanol–water partition coefficient (Wildman–Crippen LogP) is 3.34. The summed E-state index contributed by atoms with van der Waals surface area (Å²) in [7, 11) is -1.04. The van der Waals surface area contributed by atoms with E-state index >= 15 is 0 Å². The highest BCUT2D eigenvalue weighted by Crippen LogP contribution is 2.39. The van der Waals surface area contributed by atoms with Crippen LogP contribution in [-0.2, 0) is 9.47 Å². The summed E-state index contributed by atoms with van der Waals surface area (Å²) in [6.07, 6.45) is 2.18. The summed E-state index contributed by atoms with van der Waals surface area (Å²) in [5.41, 5.74) is 9.33. The summed E-state index contributed by atoms with van der Waals surface area (Å²) in [4.78, 5) is 4.81. The summed E-state index contributed by atoms with van der Waals surface area (Å²) in [6.45, 7) is 11.2. The van der Waals surface area contributed by atoms with E-state index in [1.807, 2.05) is 6.07 Å². The zero-order valence-electron chi connectivity index (χ0n) is 15.3. The zero-order valence-corrected chi connectivity index (χ0v) is 16.3. The van der Waals surface area contributed by atoms with E-state index < -0.39 is 8.07 Å². The van der Waals surface area contributed by atoms with E-state index in [0.717, 1.165) is 45.0 Å². The number of nitrogens with two attached hydrogens (primary N) is 1. The van der Waals surface area contributed by atoms with Crippen molar-refractivity contribution in [1.82, 2.24) is 0 Å². The van der Waals surface area contributed by atoms with Gasteiger partial charge < -0.3 is 25.0 Å². The third-order valence-electron chi connectivity index (χ3n) is 4.85. The van der Waals surface area contributed by atoms with Crippen LogP contribution in [0.3, 0.4) is 0 Å². The summed E-state index contributed by atoms with van der Waals surface area (Å²) in [5.74, 6) is 0. The Bertz CT molecular complexity index is 556. The van der Waals surface area contributed by atoms with Crippen molar-refractivity contribution in [2.24, 2.45) is 0 Å². The monoisotopic (exact) mass is 349 g/mol. The first kappa shape index (κ1) is 17.6. The molecule has 0 saturated carbocycles. The lowest BCUT2D eigenvalue weighted by Gasteiger charge is -2.33. The molecule has 0 atom stereocenters. The maximum Gasteiger partial charge on any atom is 0.120 e. The first-order valence-corrected chi connectivity index (χ1v) is 12.7. The van der Waals surface area contributed by atoms with Crippen molar-refractivity contribution < 1.29 is 9.47 Å². The van der Waals surface area contributed by atoms with Gasteiger partial charge in [0.15, 0.2) is 0 Å². The molecule has 24 heavy (non-hydrogen) atoms. The highest BCUT2D eigenvalue weighted by atomic mass is 28.3. The molecule has 2 aliphatic heterocycles. The number of ether oxygens (including phenoxy) is 2. The van der Waals surface area contributed by atoms with E-state index in [4.69, 9.17) is 15.2 Å². The van der Waals surface area contributed by atoms with Crippen LogP contribution < -0.4 is 15.5 Å². The Hall–Kier alpha value is -1.24. The molecule has 1 aromatic rings. The van der Waals surface area contributed by atoms with E-state index in [0.29, 0.717) is 12.8 Å². The second kappa shape index (κ2) is 7.33. The minimum absolute atomic E-state index is 0.549. The Morgan fingerprint density at radius 3 is 2.67 bits per heavy atom. The lowest BCUT2D eigenvalue weighted by molar-refractivity contribution is 0.0842. The Kier molecular flexibility index (Phi) is 5.37. The molecular formula is C18H31N3O2Si. The molecule has 0 bridgehead atoms. The van der Waals surface area contributed by atoms with Gasteiger partial charge in [0.2, 0.25) is 0 Å². The molecule has 2 heterocycles. The van der Waals surface area contributed by atoms with Crippen molar-refractivity contribution in [3.8, 4) is 0 Å². The van der Waals surface area contributed by atoms with Gasteiger partial charge in [-0.25, -0.2) is 0 Å². The quantitative estimate of drug-likeness (QED) is 0.485. The first-order valence-electron chi connectivity index (χ1n) is 9.01. The van der Waals surface area contributed by atoms with Crippen LogP contribution in [0.5, 0.6) is 0 Å². The predicted molar refractivity (Wildman–Crippen MR) is 103 cm³/mol. The van der Waals surface area contributed by atoms with Crippen LogP contribution in [0, 0.1) is 0 Å². The Balaban J connectivity index is 1.66. The molecule has 0 aliphatic carbocycles. The van der Waals surface area contributed by atoms with Gasteiger partial charge in [-0.1, -0.05) is 19.6 Å². The van der Waals surface area contributed by atoms with Crippen LogP contribution in [-0.4, -0.2) is 47.3 Å². The fourth-order valence-corrected chi connectivity index (χ4v) is 4.10. The van der Waals surface area contributed by atoms with Gasteiger partial charge in [0, 0.05) is 39.6 Å². The van der Waals surface area contributed by atoms with Crippen LogP contribution >= 0.6 is 0 Å². The van der Waals surface area contributed by atoms with E-state index in [1.54, 1.807) is 0 Å². The topological polar surface area (TPSA) is 51.0 Å². The lowest BCUT2D eigenvalue weighted by atomic mass is 10.1. The van der Waals surface area contributed by atoms with Crippen molar-refractivity contribution in [2.45, 2.75) is 44.6 Å². The van der Waals surface area contributed by atoms with Crippen molar-refractivity contribution >= 4 is 25.1 Å². The number of nitrogen functional groups attached to an aromatic ring is 1. The molecule has 0 spiro atoms. The molecule has 0 aromatic heterocycles. The third-order valence-corrected chi connectivity index (χ3v) is 6.55. The SMILES string of the molecule is C[Si](C)(C)CCOCN1CN(C2CCOCC2)c2ccc(N)cc21. The van der Waals surface area contributed by atoms with Gasteiger partial charge in [-0.3, -0.25) is 0 Å². The highest BCUT2D eigenvalue weighted by molar-refractivity contribution is 6.76. The number of rotatable bonds is 6. The first-order chi connectivity index (χ1) is 11.4. The molecule has 134 valence electrons. The van der Waals surface area contributed by atoms with Gasteiger partial charge in [0.05, 0.1) is 18.0 Å². The van der Waals surface area contributed by atoms with Gasteiger partial charge in [-0.15, -0.1) is 0 Å². The normalized spacial score (nSPS) is 19.0. The number of fused-ring (bicyclic) bond motifs is 1. The van der Waals surface area contributed by atoms with Gasteiger partial charge in [-0.05, 0) is 37.1 Å². The Morgan fingerprint density at radius 1 is 1.21 bits per heavy atom. The summed E-state index contributed by atoms with van der Waals surface area (Å²) < 4.78 is 11.5. The average Bonchev–Trinajstić information content (AvgIpc) is 2.89. The lowest BCUT2D eigenvalue weighted by Crippen LogP contribution is -2.42. The van der Waals surface area contributed by atoms with Crippen molar-refractivity contribution in [1.29, 1.82) is 0 Å². The fraction of sp³-hybridized carbons (Fsp3) is 0.667. The maximum absolute atomic E-state index is 6.03. The molecular weight excluding hydrogens is 318 g/mol. The standard InChI is InChI=1S/C18H31N3O2Si/c1-24(2,3)11-10-23-14-20-13-21(16-6-8-22-9-7-16)17-5-4-15(19)12-18(17)20/h4-5,12,16H,6-11,13-14,19H2,1-3H3. The van der Waals surface area contributed by atoms with Crippen molar-refractivity contribution in [2.75, 3.05) is 48.8 Å². The highest BCUT2D eigenvalue weighted by Gasteiger charge is 2.32. The molecule has 5 nitrogen and oxygen atoms in total. The summed E-state index contributed by atoms with van der Waals surface area (Å²) >= 11 is 0. The molecule has 6 heteroatoms. The minimum Gasteiger partial charge on any atom is -0.399 e. The van der Waals surface area contributed by atoms with Crippen molar-refractivity contribution in [3.63, 3.8) is 0 Å². The van der Waals surface area contributed by atoms with E-state index in [1.165, 1.54) is 17.4 Å². The zero-order chi connectivity index (χ0) is 17.2. The summed E-state index contributed by atoms with van der Waals surface area (Å²) in [6, 6.07) is 7.99. The fourth-order valence-electron chi connectivity index (χ4n) is 3.35. The van der Waals surface area contributed by atoms with Crippen LogP contribution in [0.4, 0.5) is 17.1 Å². The third kappa shape index (κ3) is 4.23. The Morgan fingerprint density at radius 2 is 1.96 bits per heavy atom. The van der Waals surface area contributed by atoms with Crippen LogP contribution in [0.2, 0.25) is 25.7 Å². The van der Waals surface area contributed by atoms with Crippen LogP contribution in [0.1, 0.15) is 12.8 Å². The van der Waals surface area contributed by atoms with Gasteiger partial charge in [0.25, 0.3) is 0 Å².